The summed E-state index contributed by atoms with van der Waals surface area (Å²) in [6.45, 7) is 5.62. The summed E-state index contributed by atoms with van der Waals surface area (Å²) >= 11 is 0. The minimum atomic E-state index is -0.631. The summed E-state index contributed by atoms with van der Waals surface area (Å²) in [6, 6.07) is 15.7. The van der Waals surface area contributed by atoms with Crippen molar-refractivity contribution in [2.24, 2.45) is 0 Å². The van der Waals surface area contributed by atoms with Crippen LogP contribution < -0.4 is 21.1 Å². The minimum Gasteiger partial charge on any atom is -0.761 e. The fourth-order valence-corrected chi connectivity index (χ4v) is 3.16. The predicted molar refractivity (Wildman–Crippen MR) is 125 cm³/mol. The molecule has 3 aromatic rings. The van der Waals surface area contributed by atoms with Crippen molar-refractivity contribution in [3.8, 4) is 16.9 Å². The number of methoxy groups -OCH3 is 1. The van der Waals surface area contributed by atoms with Crippen LogP contribution in [0, 0.1) is 5.21 Å². The average molecular weight is 436 g/mol. The topological polar surface area (TPSA) is 105 Å². The molecule has 3 rings (SSSR count). The highest BCUT2D eigenvalue weighted by Crippen LogP contribution is 2.32. The van der Waals surface area contributed by atoms with E-state index < -0.39 is 11.7 Å². The van der Waals surface area contributed by atoms with Crippen LogP contribution >= 0.6 is 0 Å². The summed E-state index contributed by atoms with van der Waals surface area (Å²) in [6.07, 6.45) is 0.991. The number of nitrogens with zero attached hydrogens (tertiary/aromatic N) is 1. The van der Waals surface area contributed by atoms with Crippen molar-refractivity contribution >= 4 is 17.5 Å². The van der Waals surface area contributed by atoms with Crippen LogP contribution in [0.4, 0.5) is 16.2 Å². The van der Waals surface area contributed by atoms with Gasteiger partial charge in [-0.15, -0.1) is 0 Å². The van der Waals surface area contributed by atoms with Gasteiger partial charge in [-0.1, -0.05) is 18.2 Å². The molecule has 8 heteroatoms. The molecule has 0 aliphatic heterocycles. The second-order valence-corrected chi connectivity index (χ2v) is 8.23. The maximum Gasteiger partial charge on any atom is 0.412 e. The number of amides is 1. The molecule has 1 amide bonds. The van der Waals surface area contributed by atoms with Crippen LogP contribution in [0.3, 0.4) is 0 Å². The van der Waals surface area contributed by atoms with Gasteiger partial charge in [0, 0.05) is 23.5 Å². The lowest BCUT2D eigenvalue weighted by Gasteiger charge is -2.19. The van der Waals surface area contributed by atoms with Crippen LogP contribution in [-0.4, -0.2) is 23.4 Å². The summed E-state index contributed by atoms with van der Waals surface area (Å²) < 4.78 is 12.2. The van der Waals surface area contributed by atoms with Gasteiger partial charge in [0.1, 0.15) is 11.4 Å². The monoisotopic (exact) mass is 436 g/mol. The highest BCUT2D eigenvalue weighted by molar-refractivity contribution is 5.84. The van der Waals surface area contributed by atoms with Crippen LogP contribution in [0.15, 0.2) is 65.6 Å². The second kappa shape index (κ2) is 9.57. The molecule has 2 N–H and O–H groups in total. The lowest BCUT2D eigenvalue weighted by molar-refractivity contribution is 0.0636. The molecule has 1 aromatic heterocycles. The second-order valence-electron chi connectivity index (χ2n) is 8.23. The Labute approximate surface area is 186 Å². The van der Waals surface area contributed by atoms with E-state index in [1.54, 1.807) is 58.3 Å². The number of carbonyl (C=O) groups excluding carboxylic acids is 1. The van der Waals surface area contributed by atoms with Crippen LogP contribution in [0.2, 0.25) is 0 Å². The van der Waals surface area contributed by atoms with Gasteiger partial charge in [-0.05, 0) is 62.2 Å². The lowest BCUT2D eigenvalue weighted by Crippen LogP contribution is -2.28. The number of carbonyl (C=O) groups is 1. The molecule has 0 bridgehead atoms. The van der Waals surface area contributed by atoms with Crippen molar-refractivity contribution in [2.75, 3.05) is 17.9 Å². The maximum atomic E-state index is 12.6. The van der Waals surface area contributed by atoms with E-state index in [4.69, 9.17) is 9.47 Å². The van der Waals surface area contributed by atoms with Gasteiger partial charge in [0.2, 0.25) is 0 Å². The summed E-state index contributed by atoms with van der Waals surface area (Å²) in [5.74, 6) is 0.654. The first-order valence-corrected chi connectivity index (χ1v) is 10.0. The molecule has 32 heavy (non-hydrogen) atoms. The van der Waals surface area contributed by atoms with Crippen molar-refractivity contribution < 1.29 is 14.3 Å². The summed E-state index contributed by atoms with van der Waals surface area (Å²) in [7, 11) is 1.58. The quantitative estimate of drug-likeness (QED) is 0.537. The number of anilines is 2. The molecule has 0 unspecified atom stereocenters. The van der Waals surface area contributed by atoms with E-state index in [0.717, 1.165) is 16.7 Å². The molecule has 8 nitrogen and oxygen atoms in total. The lowest BCUT2D eigenvalue weighted by atomic mass is 10.0. The molecule has 168 valence electrons. The van der Waals surface area contributed by atoms with Crippen molar-refractivity contribution in [2.45, 2.75) is 32.9 Å². The molecular weight excluding hydrogens is 410 g/mol. The first kappa shape index (κ1) is 22.9. The number of aromatic nitrogens is 1. The normalized spacial score (nSPS) is 11.0. The van der Waals surface area contributed by atoms with Gasteiger partial charge in [-0.3, -0.25) is 10.1 Å². The van der Waals surface area contributed by atoms with E-state index in [1.807, 2.05) is 29.7 Å². The van der Waals surface area contributed by atoms with Gasteiger partial charge in [-0.2, -0.15) is 0 Å². The highest BCUT2D eigenvalue weighted by Gasteiger charge is 2.16. The third kappa shape index (κ3) is 5.89. The minimum absolute atomic E-state index is 0.270. The summed E-state index contributed by atoms with van der Waals surface area (Å²) in [5.41, 5.74) is 4.28. The van der Waals surface area contributed by atoms with Crippen molar-refractivity contribution in [3.05, 3.63) is 81.9 Å². The van der Waals surface area contributed by atoms with Crippen molar-refractivity contribution in [3.63, 3.8) is 0 Å². The Balaban J connectivity index is 1.83. The van der Waals surface area contributed by atoms with E-state index in [1.165, 1.54) is 10.6 Å². The molecule has 0 aliphatic rings. The van der Waals surface area contributed by atoms with E-state index >= 15 is 0 Å². The molecule has 0 spiro atoms. The summed E-state index contributed by atoms with van der Waals surface area (Å²) in [5, 5.41) is 13.6. The Hall–Kier alpha value is -3.78. The van der Waals surface area contributed by atoms with Crippen LogP contribution in [0.1, 0.15) is 26.3 Å². The zero-order valence-electron chi connectivity index (χ0n) is 18.5. The number of benzene rings is 2. The highest BCUT2D eigenvalue weighted by atomic mass is 16.6. The van der Waals surface area contributed by atoms with E-state index in [2.05, 4.69) is 5.32 Å². The van der Waals surface area contributed by atoms with Crippen LogP contribution in [-0.2, 0) is 11.3 Å². The third-order valence-electron chi connectivity index (χ3n) is 4.55. The fourth-order valence-electron chi connectivity index (χ4n) is 3.16. The van der Waals surface area contributed by atoms with Crippen molar-refractivity contribution in [1.82, 2.24) is 4.57 Å². The van der Waals surface area contributed by atoms with Gasteiger partial charge in [0.25, 0.3) is 5.56 Å². The Kier molecular flexibility index (Phi) is 6.85. The third-order valence-corrected chi connectivity index (χ3v) is 4.55. The van der Waals surface area contributed by atoms with E-state index in [-0.39, 0.29) is 5.56 Å². The predicted octanol–water partition coefficient (Wildman–Crippen LogP) is 4.83. The maximum absolute atomic E-state index is 12.6. The zero-order valence-corrected chi connectivity index (χ0v) is 18.5. The number of hydrogen-bond donors (Lipinski definition) is 2. The smallest absolute Gasteiger partial charge is 0.412 e. The van der Waals surface area contributed by atoms with Gasteiger partial charge in [0.15, 0.2) is 0 Å². The number of hydrogen-bond acceptors (Lipinski definition) is 6. The molecule has 0 radical (unpaired) electrons. The molecule has 0 saturated carbocycles. The SMILES string of the molecule is COc1ccc(Cn2ccc(NC(=O)OC(C)(C)C)cc2=O)cc1-c1cccc(N[O-])c1. The van der Waals surface area contributed by atoms with Gasteiger partial charge in [-0.25, -0.2) is 4.79 Å². The van der Waals surface area contributed by atoms with Crippen LogP contribution in [0.25, 0.3) is 11.1 Å². The molecule has 0 saturated heterocycles. The fraction of sp³-hybridized carbons (Fsp3) is 0.250. The Morgan fingerprint density at radius 2 is 1.84 bits per heavy atom. The standard InChI is InChI=1S/C24H26N3O5/c1-24(2,3)32-23(29)25-18-10-11-27(22(28)14-18)15-16-8-9-21(31-4)20(12-16)17-6-5-7-19(13-17)26-30/h5-14,26H,15H2,1-4H3,(H,25,29)/q-1. The molecule has 0 atom stereocenters. The van der Waals surface area contributed by atoms with Gasteiger partial charge < -0.3 is 24.7 Å². The first-order chi connectivity index (χ1) is 15.2. The van der Waals surface area contributed by atoms with Gasteiger partial charge in [0.05, 0.1) is 19.3 Å². The summed E-state index contributed by atoms with van der Waals surface area (Å²) in [4.78, 5) is 24.5. The number of rotatable bonds is 6. The Morgan fingerprint density at radius 1 is 1.06 bits per heavy atom. The number of nitrogens with one attached hydrogen (secondary N) is 2. The van der Waals surface area contributed by atoms with Crippen molar-refractivity contribution in [1.29, 1.82) is 0 Å². The Bertz CT molecular complexity index is 1160. The molecule has 1 heterocycles. The average Bonchev–Trinajstić information content (AvgIpc) is 2.74. The van der Waals surface area contributed by atoms with E-state index in [9.17, 15) is 14.8 Å². The zero-order chi connectivity index (χ0) is 23.3. The molecular formula is C24H26N3O5-. The first-order valence-electron chi connectivity index (χ1n) is 10.0. The van der Waals surface area contributed by atoms with E-state index in [0.29, 0.717) is 23.7 Å². The van der Waals surface area contributed by atoms with Gasteiger partial charge >= 0.3 is 6.09 Å². The molecule has 0 aliphatic carbocycles. The Morgan fingerprint density at radius 3 is 2.50 bits per heavy atom. The molecule has 0 fully saturated rings. The number of pyridine rings is 1. The molecule has 2 aromatic carbocycles. The largest absolute Gasteiger partial charge is 0.761 e. The number of ether oxygens (including phenoxy) is 2. The van der Waals surface area contributed by atoms with Crippen LogP contribution in [0.5, 0.6) is 5.75 Å².